The topological polar surface area (TPSA) is 129 Å². The Labute approximate surface area is 165 Å². The van der Waals surface area contributed by atoms with Crippen LogP contribution in [0, 0.1) is 10.1 Å². The third-order valence-electron chi connectivity index (χ3n) is 4.17. The van der Waals surface area contributed by atoms with Crippen LogP contribution in [0.15, 0.2) is 30.6 Å². The molecule has 0 bridgehead atoms. The van der Waals surface area contributed by atoms with Crippen molar-refractivity contribution in [2.24, 2.45) is 0 Å². The van der Waals surface area contributed by atoms with E-state index in [9.17, 15) is 14.9 Å². The summed E-state index contributed by atoms with van der Waals surface area (Å²) in [4.78, 5) is 33.2. The highest BCUT2D eigenvalue weighted by Crippen LogP contribution is 2.28. The maximum atomic E-state index is 12.2. The Kier molecular flexibility index (Phi) is 6.19. The average molecular weight is 407 g/mol. The van der Waals surface area contributed by atoms with Gasteiger partial charge in [0.25, 0.3) is 5.91 Å². The van der Waals surface area contributed by atoms with Gasteiger partial charge in [-0.2, -0.15) is 0 Å². The number of hydrogen-bond donors (Lipinski definition) is 3. The van der Waals surface area contributed by atoms with Crippen LogP contribution in [0.3, 0.4) is 0 Å². The number of anilines is 2. The summed E-state index contributed by atoms with van der Waals surface area (Å²) in [6.07, 6.45) is 1.18. The zero-order chi connectivity index (χ0) is 20.1. The molecule has 148 valence electrons. The molecule has 11 nitrogen and oxygen atoms in total. The van der Waals surface area contributed by atoms with Crippen molar-refractivity contribution in [2.45, 2.75) is 0 Å². The van der Waals surface area contributed by atoms with Crippen LogP contribution in [0.4, 0.5) is 17.3 Å². The van der Waals surface area contributed by atoms with Crippen molar-refractivity contribution < 1.29 is 9.72 Å². The van der Waals surface area contributed by atoms with Crippen LogP contribution in [0.2, 0.25) is 5.02 Å². The van der Waals surface area contributed by atoms with Crippen molar-refractivity contribution in [1.82, 2.24) is 25.3 Å². The van der Waals surface area contributed by atoms with Gasteiger partial charge in [0, 0.05) is 36.8 Å². The number of hydrogen-bond acceptors (Lipinski definition) is 9. The number of likely N-dealkylation sites (N-methyl/N-ethyl adjacent to an activating group) is 1. The fraction of sp³-hybridized carbons (Fsp3) is 0.312. The van der Waals surface area contributed by atoms with Crippen LogP contribution in [-0.4, -0.2) is 63.9 Å². The summed E-state index contributed by atoms with van der Waals surface area (Å²) >= 11 is 5.80. The lowest BCUT2D eigenvalue weighted by molar-refractivity contribution is -0.383. The van der Waals surface area contributed by atoms with E-state index in [0.29, 0.717) is 23.7 Å². The van der Waals surface area contributed by atoms with Crippen LogP contribution in [0.5, 0.6) is 0 Å². The van der Waals surface area contributed by atoms with E-state index in [2.05, 4.69) is 31.1 Å². The van der Waals surface area contributed by atoms with Crippen molar-refractivity contribution in [3.63, 3.8) is 0 Å². The quantitative estimate of drug-likeness (QED) is 0.481. The minimum atomic E-state index is -0.602. The lowest BCUT2D eigenvalue weighted by atomic mass is 10.2. The predicted octanol–water partition coefficient (Wildman–Crippen LogP) is 1.37. The molecule has 0 radical (unpaired) electrons. The molecule has 3 rings (SSSR count). The number of piperazine rings is 1. The van der Waals surface area contributed by atoms with Gasteiger partial charge in [-0.25, -0.2) is 15.0 Å². The van der Waals surface area contributed by atoms with Gasteiger partial charge in [-0.15, -0.1) is 0 Å². The summed E-state index contributed by atoms with van der Waals surface area (Å²) < 4.78 is 0. The van der Waals surface area contributed by atoms with Gasteiger partial charge < -0.3 is 4.90 Å². The summed E-state index contributed by atoms with van der Waals surface area (Å²) in [7, 11) is 2.01. The molecule has 1 fully saturated rings. The Balaban J connectivity index is 1.72. The summed E-state index contributed by atoms with van der Waals surface area (Å²) in [6, 6.07) is 6.21. The number of rotatable bonds is 6. The van der Waals surface area contributed by atoms with Gasteiger partial charge in [0.1, 0.15) is 6.33 Å². The van der Waals surface area contributed by atoms with E-state index in [1.807, 2.05) is 12.1 Å². The van der Waals surface area contributed by atoms with Gasteiger partial charge in [-0.05, 0) is 31.3 Å². The van der Waals surface area contributed by atoms with Gasteiger partial charge in [-0.1, -0.05) is 11.6 Å². The molecule has 0 unspecified atom stereocenters. The first-order valence-corrected chi connectivity index (χ1v) is 8.83. The number of amides is 1. The fourth-order valence-corrected chi connectivity index (χ4v) is 2.71. The van der Waals surface area contributed by atoms with Crippen molar-refractivity contribution in [1.29, 1.82) is 0 Å². The summed E-state index contributed by atoms with van der Waals surface area (Å²) in [5.74, 6) is -0.565. The molecule has 0 atom stereocenters. The summed E-state index contributed by atoms with van der Waals surface area (Å²) in [5.41, 5.74) is 7.83. The van der Waals surface area contributed by atoms with Crippen molar-refractivity contribution in [3.05, 3.63) is 51.3 Å². The summed E-state index contributed by atoms with van der Waals surface area (Å²) in [5, 5.41) is 13.9. The van der Waals surface area contributed by atoms with E-state index in [-0.39, 0.29) is 17.3 Å². The molecule has 2 heterocycles. The van der Waals surface area contributed by atoms with Crippen LogP contribution in [0.25, 0.3) is 0 Å². The molecule has 1 amide bonds. The normalized spacial score (nSPS) is 15.1. The highest BCUT2D eigenvalue weighted by atomic mass is 35.5. The number of nitro groups is 1. The number of aromatic nitrogens is 2. The first-order valence-electron chi connectivity index (χ1n) is 8.45. The van der Waals surface area contributed by atoms with Crippen molar-refractivity contribution in [2.75, 3.05) is 44.1 Å². The second-order valence-electron chi connectivity index (χ2n) is 6.16. The van der Waals surface area contributed by atoms with E-state index in [0.717, 1.165) is 13.1 Å². The Bertz CT molecular complexity index is 855. The molecule has 12 heteroatoms. The van der Waals surface area contributed by atoms with Gasteiger partial charge >= 0.3 is 5.69 Å². The molecule has 28 heavy (non-hydrogen) atoms. The molecule has 2 aromatic rings. The molecule has 1 aromatic carbocycles. The predicted molar refractivity (Wildman–Crippen MR) is 104 cm³/mol. The second kappa shape index (κ2) is 8.78. The van der Waals surface area contributed by atoms with Gasteiger partial charge in [-0.3, -0.25) is 31.2 Å². The number of benzene rings is 1. The lowest BCUT2D eigenvalue weighted by Crippen LogP contribution is -2.47. The van der Waals surface area contributed by atoms with Crippen molar-refractivity contribution in [3.8, 4) is 0 Å². The zero-order valence-electron chi connectivity index (χ0n) is 15.1. The maximum absolute atomic E-state index is 12.2. The smallest absolute Gasteiger partial charge is 0.304 e. The molecule has 0 spiro atoms. The molecule has 1 aliphatic heterocycles. The SMILES string of the molecule is CN1CCN(Nc2ncnc(NNC(=O)c3ccc(Cl)cc3)c2[N+](=O)[O-])CC1. The van der Waals surface area contributed by atoms with E-state index in [1.54, 1.807) is 12.1 Å². The van der Waals surface area contributed by atoms with Crippen LogP contribution in [0.1, 0.15) is 10.4 Å². The van der Waals surface area contributed by atoms with E-state index in [1.165, 1.54) is 18.5 Å². The standard InChI is InChI=1S/C16H19ClN8O3/c1-23-6-8-24(9-7-23)22-15-13(25(27)28)14(18-10-19-15)20-21-16(26)11-2-4-12(17)5-3-11/h2-5,10H,6-9H2,1H3,(H,21,26)(H2,18,19,20,22). The number of carbonyl (C=O) groups is 1. The Morgan fingerprint density at radius 2 is 1.79 bits per heavy atom. The molecule has 3 N–H and O–H groups in total. The number of nitrogens with zero attached hydrogens (tertiary/aromatic N) is 5. The number of halogens is 1. The van der Waals surface area contributed by atoms with E-state index < -0.39 is 10.8 Å². The molecular formula is C16H19ClN8O3. The Morgan fingerprint density at radius 3 is 2.43 bits per heavy atom. The van der Waals surface area contributed by atoms with E-state index in [4.69, 9.17) is 11.6 Å². The van der Waals surface area contributed by atoms with Crippen LogP contribution in [-0.2, 0) is 0 Å². The lowest BCUT2D eigenvalue weighted by Gasteiger charge is -2.32. The molecule has 1 aliphatic rings. The van der Waals surface area contributed by atoms with E-state index >= 15 is 0 Å². The Morgan fingerprint density at radius 1 is 1.14 bits per heavy atom. The average Bonchev–Trinajstić information content (AvgIpc) is 2.68. The van der Waals surface area contributed by atoms with Crippen LogP contribution < -0.4 is 16.3 Å². The van der Waals surface area contributed by atoms with Gasteiger partial charge in [0.15, 0.2) is 0 Å². The zero-order valence-corrected chi connectivity index (χ0v) is 15.8. The minimum absolute atomic E-state index is 0.0489. The van der Waals surface area contributed by atoms with Crippen molar-refractivity contribution >= 4 is 34.8 Å². The van der Waals surface area contributed by atoms with Gasteiger partial charge in [0.05, 0.1) is 4.92 Å². The number of nitrogens with one attached hydrogen (secondary N) is 3. The molecule has 1 saturated heterocycles. The van der Waals surface area contributed by atoms with Gasteiger partial charge in [0.2, 0.25) is 11.6 Å². The third kappa shape index (κ3) is 4.82. The highest BCUT2D eigenvalue weighted by molar-refractivity contribution is 6.30. The largest absolute Gasteiger partial charge is 0.356 e. The summed E-state index contributed by atoms with van der Waals surface area (Å²) in [6.45, 7) is 3.03. The highest BCUT2D eigenvalue weighted by Gasteiger charge is 2.25. The molecule has 1 aromatic heterocycles. The molecule has 0 aliphatic carbocycles. The fourth-order valence-electron chi connectivity index (χ4n) is 2.58. The third-order valence-corrected chi connectivity index (χ3v) is 4.42. The second-order valence-corrected chi connectivity index (χ2v) is 6.60. The first-order chi connectivity index (χ1) is 13.4. The maximum Gasteiger partial charge on any atom is 0.356 e. The van der Waals surface area contributed by atoms with Crippen LogP contribution >= 0.6 is 11.6 Å². The number of carbonyl (C=O) groups excluding carboxylic acids is 1. The minimum Gasteiger partial charge on any atom is -0.304 e. The molecule has 0 saturated carbocycles. The Hall–Kier alpha value is -3.02. The number of hydrazine groups is 2. The monoisotopic (exact) mass is 406 g/mol. The molecular weight excluding hydrogens is 388 g/mol. The first kappa shape index (κ1) is 19.7.